The summed E-state index contributed by atoms with van der Waals surface area (Å²) in [7, 11) is 0. The molecule has 0 radical (unpaired) electrons. The van der Waals surface area contributed by atoms with Gasteiger partial charge in [0.15, 0.2) is 0 Å². The standard InChI is InChI=1S/C15H13ClINO/c16-13-5-1-11(2-6-13)9-10-18-15(19)12-3-7-14(17)8-4-12/h1-8H,9-10H2,(H,18,19). The summed E-state index contributed by atoms with van der Waals surface area (Å²) in [5.41, 5.74) is 1.85. The smallest absolute Gasteiger partial charge is 0.251 e. The Bertz CT molecular complexity index is 551. The molecular formula is C15H13ClINO. The number of halogens is 2. The Morgan fingerprint density at radius 3 is 2.32 bits per heavy atom. The highest BCUT2D eigenvalue weighted by molar-refractivity contribution is 14.1. The van der Waals surface area contributed by atoms with Crippen molar-refractivity contribution in [2.24, 2.45) is 0 Å². The lowest BCUT2D eigenvalue weighted by atomic mass is 10.1. The molecule has 0 atom stereocenters. The van der Waals surface area contributed by atoms with Gasteiger partial charge in [-0.1, -0.05) is 23.7 Å². The first kappa shape index (κ1) is 14.3. The van der Waals surface area contributed by atoms with Crippen molar-refractivity contribution in [3.63, 3.8) is 0 Å². The van der Waals surface area contributed by atoms with E-state index in [9.17, 15) is 4.79 Å². The highest BCUT2D eigenvalue weighted by Crippen LogP contribution is 2.10. The molecule has 0 saturated carbocycles. The molecule has 0 unspecified atom stereocenters. The largest absolute Gasteiger partial charge is 0.352 e. The quantitative estimate of drug-likeness (QED) is 0.794. The minimum absolute atomic E-state index is 0.0367. The van der Waals surface area contributed by atoms with E-state index in [0.717, 1.165) is 20.6 Å². The van der Waals surface area contributed by atoms with E-state index in [0.29, 0.717) is 12.1 Å². The Morgan fingerprint density at radius 1 is 1.05 bits per heavy atom. The summed E-state index contributed by atoms with van der Waals surface area (Å²) in [6.45, 7) is 0.618. The van der Waals surface area contributed by atoms with Crippen molar-refractivity contribution in [1.82, 2.24) is 5.32 Å². The van der Waals surface area contributed by atoms with Crippen LogP contribution in [0.25, 0.3) is 0 Å². The third-order valence-corrected chi connectivity index (χ3v) is 3.69. The van der Waals surface area contributed by atoms with E-state index in [1.165, 1.54) is 0 Å². The van der Waals surface area contributed by atoms with Crippen molar-refractivity contribution >= 4 is 40.1 Å². The molecule has 0 bridgehead atoms. The van der Waals surface area contributed by atoms with Gasteiger partial charge in [-0.25, -0.2) is 0 Å². The van der Waals surface area contributed by atoms with Crippen LogP contribution >= 0.6 is 34.2 Å². The van der Waals surface area contributed by atoms with Gasteiger partial charge >= 0.3 is 0 Å². The minimum atomic E-state index is -0.0367. The molecule has 19 heavy (non-hydrogen) atoms. The fourth-order valence-corrected chi connectivity index (χ4v) is 2.16. The number of nitrogens with one attached hydrogen (secondary N) is 1. The molecule has 2 rings (SSSR count). The van der Waals surface area contributed by atoms with Gasteiger partial charge in [0, 0.05) is 20.7 Å². The summed E-state index contributed by atoms with van der Waals surface area (Å²) < 4.78 is 1.12. The molecule has 4 heteroatoms. The lowest BCUT2D eigenvalue weighted by Gasteiger charge is -2.05. The van der Waals surface area contributed by atoms with E-state index in [1.54, 1.807) is 0 Å². The average molecular weight is 386 g/mol. The molecular weight excluding hydrogens is 373 g/mol. The molecule has 2 aromatic rings. The van der Waals surface area contributed by atoms with Crippen LogP contribution in [0, 0.1) is 3.57 Å². The fourth-order valence-electron chi connectivity index (χ4n) is 1.67. The predicted octanol–water partition coefficient (Wildman–Crippen LogP) is 3.92. The summed E-state index contributed by atoms with van der Waals surface area (Å²) in [5, 5.41) is 3.64. The Balaban J connectivity index is 1.84. The maximum atomic E-state index is 11.9. The fraction of sp³-hybridized carbons (Fsp3) is 0.133. The molecule has 2 nitrogen and oxygen atoms in total. The van der Waals surface area contributed by atoms with Gasteiger partial charge in [-0.05, 0) is 71.0 Å². The van der Waals surface area contributed by atoms with Crippen molar-refractivity contribution in [2.75, 3.05) is 6.54 Å². The number of carbonyl (C=O) groups is 1. The van der Waals surface area contributed by atoms with Gasteiger partial charge in [0.25, 0.3) is 5.91 Å². The minimum Gasteiger partial charge on any atom is -0.352 e. The monoisotopic (exact) mass is 385 g/mol. The van der Waals surface area contributed by atoms with Crippen LogP contribution in [0.5, 0.6) is 0 Å². The van der Waals surface area contributed by atoms with E-state index in [2.05, 4.69) is 27.9 Å². The van der Waals surface area contributed by atoms with Crippen LogP contribution < -0.4 is 5.32 Å². The average Bonchev–Trinajstić information content (AvgIpc) is 2.41. The van der Waals surface area contributed by atoms with E-state index in [-0.39, 0.29) is 5.91 Å². The normalized spacial score (nSPS) is 10.2. The van der Waals surface area contributed by atoms with Crippen LogP contribution in [0.15, 0.2) is 48.5 Å². The number of benzene rings is 2. The van der Waals surface area contributed by atoms with Gasteiger partial charge in [0.05, 0.1) is 0 Å². The molecule has 0 saturated heterocycles. The lowest BCUT2D eigenvalue weighted by molar-refractivity contribution is 0.0954. The molecule has 0 heterocycles. The SMILES string of the molecule is O=C(NCCc1ccc(Cl)cc1)c1ccc(I)cc1. The molecule has 1 N–H and O–H groups in total. The first-order valence-corrected chi connectivity index (χ1v) is 7.39. The molecule has 0 aliphatic rings. The molecule has 2 aromatic carbocycles. The van der Waals surface area contributed by atoms with Crippen molar-refractivity contribution in [3.8, 4) is 0 Å². The molecule has 0 aromatic heterocycles. The zero-order chi connectivity index (χ0) is 13.7. The van der Waals surface area contributed by atoms with Crippen molar-refractivity contribution < 1.29 is 4.79 Å². The van der Waals surface area contributed by atoms with Crippen molar-refractivity contribution in [2.45, 2.75) is 6.42 Å². The van der Waals surface area contributed by atoms with Gasteiger partial charge < -0.3 is 5.32 Å². The Hall–Kier alpha value is -1.07. The van der Waals surface area contributed by atoms with Gasteiger partial charge in [-0.3, -0.25) is 4.79 Å². The van der Waals surface area contributed by atoms with E-state index in [1.807, 2.05) is 48.5 Å². The third-order valence-electron chi connectivity index (χ3n) is 2.72. The number of hydrogen-bond donors (Lipinski definition) is 1. The topological polar surface area (TPSA) is 29.1 Å². The number of carbonyl (C=O) groups excluding carboxylic acids is 1. The molecule has 0 fully saturated rings. The van der Waals surface area contributed by atoms with Crippen LogP contribution in [-0.4, -0.2) is 12.5 Å². The lowest BCUT2D eigenvalue weighted by Crippen LogP contribution is -2.25. The highest BCUT2D eigenvalue weighted by atomic mass is 127. The zero-order valence-corrected chi connectivity index (χ0v) is 13.1. The number of hydrogen-bond acceptors (Lipinski definition) is 1. The van der Waals surface area contributed by atoms with Crippen LogP contribution in [0.3, 0.4) is 0 Å². The predicted molar refractivity (Wildman–Crippen MR) is 86.6 cm³/mol. The maximum absolute atomic E-state index is 11.9. The third kappa shape index (κ3) is 4.51. The molecule has 0 aliphatic carbocycles. The van der Waals surface area contributed by atoms with Gasteiger partial charge in [0.2, 0.25) is 0 Å². The van der Waals surface area contributed by atoms with Gasteiger partial charge in [-0.15, -0.1) is 0 Å². The Labute approximate surface area is 131 Å². The Kier molecular flexibility index (Phi) is 5.22. The number of rotatable bonds is 4. The van der Waals surface area contributed by atoms with Crippen molar-refractivity contribution in [1.29, 1.82) is 0 Å². The van der Waals surface area contributed by atoms with Crippen LogP contribution in [-0.2, 0) is 6.42 Å². The van der Waals surface area contributed by atoms with Crippen LogP contribution in [0.1, 0.15) is 15.9 Å². The first-order valence-electron chi connectivity index (χ1n) is 5.93. The summed E-state index contributed by atoms with van der Waals surface area (Å²) in [6, 6.07) is 15.2. The summed E-state index contributed by atoms with van der Waals surface area (Å²) >= 11 is 8.04. The number of amides is 1. The van der Waals surface area contributed by atoms with E-state index >= 15 is 0 Å². The summed E-state index contributed by atoms with van der Waals surface area (Å²) in [4.78, 5) is 11.9. The second kappa shape index (κ2) is 6.91. The molecule has 0 aliphatic heterocycles. The van der Waals surface area contributed by atoms with Crippen LogP contribution in [0.2, 0.25) is 5.02 Å². The highest BCUT2D eigenvalue weighted by Gasteiger charge is 2.04. The molecule has 0 spiro atoms. The summed E-state index contributed by atoms with van der Waals surface area (Å²) in [5.74, 6) is -0.0367. The van der Waals surface area contributed by atoms with Crippen LogP contribution in [0.4, 0.5) is 0 Å². The molecule has 1 amide bonds. The Morgan fingerprint density at radius 2 is 1.68 bits per heavy atom. The van der Waals surface area contributed by atoms with Crippen molar-refractivity contribution in [3.05, 3.63) is 68.3 Å². The zero-order valence-electron chi connectivity index (χ0n) is 10.2. The van der Waals surface area contributed by atoms with E-state index < -0.39 is 0 Å². The first-order chi connectivity index (χ1) is 9.15. The second-order valence-corrected chi connectivity index (χ2v) is 5.82. The van der Waals surface area contributed by atoms with Gasteiger partial charge in [0.1, 0.15) is 0 Å². The maximum Gasteiger partial charge on any atom is 0.251 e. The molecule has 98 valence electrons. The second-order valence-electron chi connectivity index (χ2n) is 4.14. The summed E-state index contributed by atoms with van der Waals surface area (Å²) in [6.07, 6.45) is 0.799. The van der Waals surface area contributed by atoms with Gasteiger partial charge in [-0.2, -0.15) is 0 Å². The van der Waals surface area contributed by atoms with E-state index in [4.69, 9.17) is 11.6 Å².